The summed E-state index contributed by atoms with van der Waals surface area (Å²) < 4.78 is 0. The van der Waals surface area contributed by atoms with Crippen LogP contribution in [0.3, 0.4) is 0 Å². The van der Waals surface area contributed by atoms with Crippen LogP contribution in [0.5, 0.6) is 0 Å². The molecule has 1 aromatic rings. The molecule has 2 rings (SSSR count). The molecule has 0 aromatic heterocycles. The number of nitrogens with zero attached hydrogens (tertiary/aromatic N) is 1. The molecule has 0 radical (unpaired) electrons. The predicted octanol–water partition coefficient (Wildman–Crippen LogP) is 5.39. The van der Waals surface area contributed by atoms with E-state index < -0.39 is 12.1 Å². The number of rotatable bonds is 5. The number of amides is 2. The molecule has 1 saturated heterocycles. The Kier molecular flexibility index (Phi) is 7.26. The van der Waals surface area contributed by atoms with E-state index in [1.165, 1.54) is 5.56 Å². The number of hydrogen-bond donors (Lipinski definition) is 2. The lowest BCUT2D eigenvalue weighted by Gasteiger charge is -2.46. The van der Waals surface area contributed by atoms with Gasteiger partial charge in [0, 0.05) is 18.1 Å². The van der Waals surface area contributed by atoms with Gasteiger partial charge in [-0.15, -0.1) is 0 Å². The molecule has 29 heavy (non-hydrogen) atoms. The van der Waals surface area contributed by atoms with Gasteiger partial charge in [-0.3, -0.25) is 4.79 Å². The molecule has 2 amide bonds. The zero-order chi connectivity index (χ0) is 22.0. The molecule has 0 saturated carbocycles. The molecule has 0 spiro atoms. The van der Waals surface area contributed by atoms with Crippen LogP contribution in [0.1, 0.15) is 65.9 Å². The lowest BCUT2D eigenvalue weighted by molar-refractivity contribution is -0.138. The minimum Gasteiger partial charge on any atom is -0.465 e. The van der Waals surface area contributed by atoms with Gasteiger partial charge in [0.05, 0.1) is 0 Å². The SMILES string of the molecule is CC(CC(C)(C)C)[C@@H](NC(=O)O)C(=O)N1CCC(c2ccc(Cl)cc2)C(C)(C)C1. The fourth-order valence-corrected chi connectivity index (χ4v) is 4.84. The Morgan fingerprint density at radius 3 is 2.34 bits per heavy atom. The largest absolute Gasteiger partial charge is 0.465 e. The molecule has 1 aromatic carbocycles. The minimum atomic E-state index is -1.15. The number of carbonyl (C=O) groups is 2. The summed E-state index contributed by atoms with van der Waals surface area (Å²) in [7, 11) is 0. The highest BCUT2D eigenvalue weighted by Gasteiger charge is 2.41. The van der Waals surface area contributed by atoms with E-state index in [-0.39, 0.29) is 22.7 Å². The number of benzene rings is 1. The Morgan fingerprint density at radius 1 is 1.28 bits per heavy atom. The summed E-state index contributed by atoms with van der Waals surface area (Å²) in [5.74, 6) is 0.115. The van der Waals surface area contributed by atoms with Crippen LogP contribution in [0.2, 0.25) is 5.02 Å². The zero-order valence-electron chi connectivity index (χ0n) is 18.5. The van der Waals surface area contributed by atoms with E-state index in [0.717, 1.165) is 17.9 Å². The first kappa shape index (κ1) is 23.5. The summed E-state index contributed by atoms with van der Waals surface area (Å²) >= 11 is 6.03. The van der Waals surface area contributed by atoms with E-state index in [2.05, 4.69) is 52.1 Å². The molecule has 1 aliphatic heterocycles. The second-order valence-electron chi connectivity index (χ2n) is 10.3. The molecule has 0 aliphatic carbocycles. The van der Waals surface area contributed by atoms with Crippen LogP contribution in [0.4, 0.5) is 4.79 Å². The van der Waals surface area contributed by atoms with Crippen LogP contribution in [0.15, 0.2) is 24.3 Å². The maximum atomic E-state index is 13.3. The third kappa shape index (κ3) is 6.36. The third-order valence-electron chi connectivity index (χ3n) is 5.86. The van der Waals surface area contributed by atoms with E-state index in [1.54, 1.807) is 0 Å². The van der Waals surface area contributed by atoms with E-state index in [4.69, 9.17) is 11.6 Å². The van der Waals surface area contributed by atoms with Crippen molar-refractivity contribution in [3.05, 3.63) is 34.9 Å². The molecule has 2 N–H and O–H groups in total. The van der Waals surface area contributed by atoms with Crippen molar-refractivity contribution in [2.75, 3.05) is 13.1 Å². The van der Waals surface area contributed by atoms with Crippen molar-refractivity contribution in [1.82, 2.24) is 10.2 Å². The van der Waals surface area contributed by atoms with Gasteiger partial charge in [-0.1, -0.05) is 65.3 Å². The molecule has 3 atom stereocenters. The molecule has 162 valence electrons. The number of halogens is 1. The third-order valence-corrected chi connectivity index (χ3v) is 6.11. The highest BCUT2D eigenvalue weighted by atomic mass is 35.5. The van der Waals surface area contributed by atoms with Crippen molar-refractivity contribution in [3.8, 4) is 0 Å². The summed E-state index contributed by atoms with van der Waals surface area (Å²) in [5.41, 5.74) is 1.12. The van der Waals surface area contributed by atoms with Gasteiger partial charge in [-0.05, 0) is 53.2 Å². The van der Waals surface area contributed by atoms with Crippen LogP contribution in [-0.4, -0.2) is 41.1 Å². The standard InChI is InChI=1S/C23H35ClN2O3/c1-15(13-22(2,3)4)19(25-21(28)29)20(27)26-12-11-18(23(5,6)14-26)16-7-9-17(24)10-8-16/h7-10,15,18-19,25H,11-14H2,1-6H3,(H,28,29)/t15?,18?,19-/m1/s1. The number of nitrogens with one attached hydrogen (secondary N) is 1. The topological polar surface area (TPSA) is 69.6 Å². The van der Waals surface area contributed by atoms with Crippen molar-refractivity contribution in [2.24, 2.45) is 16.7 Å². The number of piperidine rings is 1. The highest BCUT2D eigenvalue weighted by molar-refractivity contribution is 6.30. The maximum Gasteiger partial charge on any atom is 0.405 e. The van der Waals surface area contributed by atoms with Crippen LogP contribution >= 0.6 is 11.6 Å². The van der Waals surface area contributed by atoms with Crippen molar-refractivity contribution in [2.45, 2.75) is 66.3 Å². The average Bonchev–Trinajstić information content (AvgIpc) is 2.57. The van der Waals surface area contributed by atoms with E-state index >= 15 is 0 Å². The van der Waals surface area contributed by atoms with Gasteiger partial charge in [0.1, 0.15) is 6.04 Å². The van der Waals surface area contributed by atoms with Gasteiger partial charge < -0.3 is 15.3 Å². The Morgan fingerprint density at radius 2 is 1.86 bits per heavy atom. The summed E-state index contributed by atoms with van der Waals surface area (Å²) in [6.07, 6.45) is 0.446. The lowest BCUT2D eigenvalue weighted by Crippen LogP contribution is -2.56. The van der Waals surface area contributed by atoms with Crippen molar-refractivity contribution < 1.29 is 14.7 Å². The van der Waals surface area contributed by atoms with Crippen LogP contribution in [0, 0.1) is 16.7 Å². The Bertz CT molecular complexity index is 725. The minimum absolute atomic E-state index is 0.0129. The number of carboxylic acid groups (broad SMARTS) is 1. The van der Waals surface area contributed by atoms with E-state index in [0.29, 0.717) is 19.0 Å². The Labute approximate surface area is 179 Å². The second-order valence-corrected chi connectivity index (χ2v) is 10.7. The second kappa shape index (κ2) is 8.95. The van der Waals surface area contributed by atoms with Gasteiger partial charge in [0.2, 0.25) is 5.91 Å². The fraction of sp³-hybridized carbons (Fsp3) is 0.652. The Hall–Kier alpha value is -1.75. The van der Waals surface area contributed by atoms with Crippen LogP contribution in [0.25, 0.3) is 0 Å². The molecule has 6 heteroatoms. The Balaban J connectivity index is 2.17. The number of hydrogen-bond acceptors (Lipinski definition) is 2. The molecular formula is C23H35ClN2O3. The van der Waals surface area contributed by atoms with Crippen molar-refractivity contribution >= 4 is 23.6 Å². The normalized spacial score (nSPS) is 21.3. The number of likely N-dealkylation sites (tertiary alicyclic amines) is 1. The van der Waals surface area contributed by atoms with Crippen molar-refractivity contribution in [3.63, 3.8) is 0 Å². The smallest absolute Gasteiger partial charge is 0.405 e. The average molecular weight is 423 g/mol. The molecule has 0 bridgehead atoms. The first-order valence-electron chi connectivity index (χ1n) is 10.3. The molecule has 2 unspecified atom stereocenters. The number of carbonyl (C=O) groups excluding carboxylic acids is 1. The fourth-order valence-electron chi connectivity index (χ4n) is 4.72. The summed E-state index contributed by atoms with van der Waals surface area (Å²) in [5, 5.41) is 12.5. The predicted molar refractivity (Wildman–Crippen MR) is 117 cm³/mol. The summed E-state index contributed by atoms with van der Waals surface area (Å²) in [6, 6.07) is 7.21. The molecule has 1 aliphatic rings. The quantitative estimate of drug-likeness (QED) is 0.668. The van der Waals surface area contributed by atoms with E-state index in [1.807, 2.05) is 24.0 Å². The monoisotopic (exact) mass is 422 g/mol. The van der Waals surface area contributed by atoms with Crippen molar-refractivity contribution in [1.29, 1.82) is 0 Å². The molecular weight excluding hydrogens is 388 g/mol. The molecule has 5 nitrogen and oxygen atoms in total. The van der Waals surface area contributed by atoms with Gasteiger partial charge >= 0.3 is 6.09 Å². The van der Waals surface area contributed by atoms with Gasteiger partial charge in [0.25, 0.3) is 0 Å². The van der Waals surface area contributed by atoms with Crippen LogP contribution in [-0.2, 0) is 4.79 Å². The molecule has 1 heterocycles. The van der Waals surface area contributed by atoms with Gasteiger partial charge in [-0.2, -0.15) is 0 Å². The zero-order valence-corrected chi connectivity index (χ0v) is 19.2. The first-order chi connectivity index (χ1) is 13.3. The van der Waals surface area contributed by atoms with E-state index in [9.17, 15) is 14.7 Å². The van der Waals surface area contributed by atoms with Gasteiger partial charge in [-0.25, -0.2) is 4.79 Å². The summed E-state index contributed by atoms with van der Waals surface area (Å²) in [4.78, 5) is 26.5. The van der Waals surface area contributed by atoms with Crippen LogP contribution < -0.4 is 5.32 Å². The lowest BCUT2D eigenvalue weighted by atomic mass is 9.70. The maximum absolute atomic E-state index is 13.3. The summed E-state index contributed by atoms with van der Waals surface area (Å²) in [6.45, 7) is 13.8. The first-order valence-corrected chi connectivity index (χ1v) is 10.7. The van der Waals surface area contributed by atoms with Gasteiger partial charge in [0.15, 0.2) is 0 Å². The molecule has 1 fully saturated rings. The highest BCUT2D eigenvalue weighted by Crippen LogP contribution is 2.42.